The van der Waals surface area contributed by atoms with Crippen molar-refractivity contribution in [2.75, 3.05) is 6.54 Å². The lowest BCUT2D eigenvalue weighted by Crippen LogP contribution is -2.37. The first-order valence-corrected chi connectivity index (χ1v) is 10.2. The van der Waals surface area contributed by atoms with Crippen LogP contribution < -0.4 is 0 Å². The van der Waals surface area contributed by atoms with Crippen molar-refractivity contribution in [1.82, 2.24) is 18.9 Å². The first-order chi connectivity index (χ1) is 14.5. The summed E-state index contributed by atoms with van der Waals surface area (Å²) < 4.78 is 23.0. The molecule has 4 aromatic rings. The molecule has 0 N–H and O–H groups in total. The quantitative estimate of drug-likeness (QED) is 0.509. The number of nitrogens with zero attached hydrogens (tertiary/aromatic N) is 4. The number of benzene rings is 1. The maximum atomic E-state index is 13.3. The fourth-order valence-electron chi connectivity index (χ4n) is 4.26. The largest absolute Gasteiger partial charge is 0.469 e. The van der Waals surface area contributed by atoms with E-state index in [9.17, 15) is 9.18 Å². The van der Waals surface area contributed by atoms with Gasteiger partial charge >= 0.3 is 0 Å². The van der Waals surface area contributed by atoms with E-state index >= 15 is 0 Å². The van der Waals surface area contributed by atoms with Crippen molar-refractivity contribution in [2.24, 2.45) is 0 Å². The molecule has 0 fully saturated rings. The molecule has 0 spiro atoms. The van der Waals surface area contributed by atoms with Gasteiger partial charge in [-0.3, -0.25) is 9.20 Å². The second-order valence-electron chi connectivity index (χ2n) is 7.98. The van der Waals surface area contributed by atoms with E-state index in [1.807, 2.05) is 17.2 Å². The molecule has 30 heavy (non-hydrogen) atoms. The molecule has 0 saturated heterocycles. The van der Waals surface area contributed by atoms with Crippen molar-refractivity contribution in [2.45, 2.75) is 39.3 Å². The highest BCUT2D eigenvalue weighted by Crippen LogP contribution is 2.30. The predicted molar refractivity (Wildman–Crippen MR) is 110 cm³/mol. The standard InChI is InChI=1S/C23H23FN4O2/c1-15(2)28-20-9-10-26(22(29)12-18-4-3-11-30-18)14-21(20)27-13-19(25-23(27)28)16-5-7-17(24)8-6-16/h3-8,11,13,15H,9-10,12,14H2,1-2H3. The van der Waals surface area contributed by atoms with Crippen LogP contribution in [0, 0.1) is 5.82 Å². The molecular formula is C23H23FN4O2. The van der Waals surface area contributed by atoms with Gasteiger partial charge in [0.1, 0.15) is 11.6 Å². The number of aromatic nitrogens is 3. The Morgan fingerprint density at radius 3 is 2.70 bits per heavy atom. The highest BCUT2D eigenvalue weighted by Gasteiger charge is 2.29. The van der Waals surface area contributed by atoms with E-state index < -0.39 is 0 Å². The molecule has 5 rings (SSSR count). The number of carbonyl (C=O) groups excluding carboxylic acids is 1. The first-order valence-electron chi connectivity index (χ1n) is 10.2. The smallest absolute Gasteiger partial charge is 0.230 e. The van der Waals surface area contributed by atoms with Crippen molar-refractivity contribution in [1.29, 1.82) is 0 Å². The Bertz CT molecular complexity index is 1200. The van der Waals surface area contributed by atoms with Crippen LogP contribution in [0.5, 0.6) is 0 Å². The SMILES string of the molecule is CC(C)n1c2c(n3cc(-c4ccc(F)cc4)nc13)CN(C(=O)Cc1ccco1)CC2. The maximum Gasteiger partial charge on any atom is 0.230 e. The first kappa shape index (κ1) is 18.7. The minimum absolute atomic E-state index is 0.0555. The Hall–Kier alpha value is -3.35. The zero-order valence-electron chi connectivity index (χ0n) is 17.0. The van der Waals surface area contributed by atoms with Crippen LogP contribution in [-0.2, 0) is 24.2 Å². The van der Waals surface area contributed by atoms with E-state index in [0.717, 1.165) is 29.1 Å². The van der Waals surface area contributed by atoms with E-state index in [-0.39, 0.29) is 24.2 Å². The van der Waals surface area contributed by atoms with E-state index in [4.69, 9.17) is 9.40 Å². The van der Waals surface area contributed by atoms with Crippen molar-refractivity contribution in [3.8, 4) is 11.3 Å². The lowest BCUT2D eigenvalue weighted by Gasteiger charge is -2.28. The molecule has 1 aliphatic rings. The van der Waals surface area contributed by atoms with E-state index in [1.165, 1.54) is 17.8 Å². The number of furan rings is 1. The van der Waals surface area contributed by atoms with Gasteiger partial charge in [-0.1, -0.05) is 0 Å². The number of hydrogen-bond donors (Lipinski definition) is 0. The fourth-order valence-corrected chi connectivity index (χ4v) is 4.26. The number of halogens is 1. The van der Waals surface area contributed by atoms with Gasteiger partial charge in [0.05, 0.1) is 30.6 Å². The maximum absolute atomic E-state index is 13.3. The highest BCUT2D eigenvalue weighted by molar-refractivity contribution is 5.78. The summed E-state index contributed by atoms with van der Waals surface area (Å²) in [7, 11) is 0. The monoisotopic (exact) mass is 406 g/mol. The average Bonchev–Trinajstić information content (AvgIpc) is 3.44. The van der Waals surface area contributed by atoms with Crippen LogP contribution in [-0.4, -0.2) is 31.3 Å². The van der Waals surface area contributed by atoms with Crippen LogP contribution in [0.3, 0.4) is 0 Å². The summed E-state index contributed by atoms with van der Waals surface area (Å²) in [6, 6.07) is 10.2. The van der Waals surface area contributed by atoms with Gasteiger partial charge in [-0.25, -0.2) is 9.37 Å². The molecule has 0 aliphatic carbocycles. The van der Waals surface area contributed by atoms with Crippen molar-refractivity contribution >= 4 is 11.7 Å². The van der Waals surface area contributed by atoms with Gasteiger partial charge in [0.2, 0.25) is 11.7 Å². The van der Waals surface area contributed by atoms with Crippen LogP contribution in [0.4, 0.5) is 4.39 Å². The van der Waals surface area contributed by atoms with Gasteiger partial charge < -0.3 is 13.9 Å². The third kappa shape index (κ3) is 3.10. The molecule has 0 radical (unpaired) electrons. The summed E-state index contributed by atoms with van der Waals surface area (Å²) in [5.41, 5.74) is 3.96. The normalized spacial score (nSPS) is 13.9. The summed E-state index contributed by atoms with van der Waals surface area (Å²) in [6.45, 7) is 5.49. The molecule has 1 amide bonds. The molecule has 0 unspecified atom stereocenters. The number of hydrogen-bond acceptors (Lipinski definition) is 3. The molecule has 4 heterocycles. The van der Waals surface area contributed by atoms with E-state index in [0.29, 0.717) is 18.8 Å². The van der Waals surface area contributed by atoms with Crippen molar-refractivity contribution in [3.63, 3.8) is 0 Å². The van der Waals surface area contributed by atoms with Crippen LogP contribution >= 0.6 is 0 Å². The van der Waals surface area contributed by atoms with Crippen molar-refractivity contribution < 1.29 is 13.6 Å². The summed E-state index contributed by atoms with van der Waals surface area (Å²) in [5.74, 6) is 1.32. The molecule has 7 heteroatoms. The third-order valence-corrected chi connectivity index (χ3v) is 5.69. The minimum atomic E-state index is -0.266. The Balaban J connectivity index is 1.52. The van der Waals surface area contributed by atoms with Crippen LogP contribution in [0.15, 0.2) is 53.3 Å². The Labute approximate surface area is 173 Å². The second-order valence-corrected chi connectivity index (χ2v) is 7.98. The third-order valence-electron chi connectivity index (χ3n) is 5.69. The molecule has 0 atom stereocenters. The van der Waals surface area contributed by atoms with Crippen molar-refractivity contribution in [3.05, 3.63) is 71.8 Å². The average molecular weight is 406 g/mol. The lowest BCUT2D eigenvalue weighted by molar-refractivity contribution is -0.131. The summed E-state index contributed by atoms with van der Waals surface area (Å²) in [5, 5.41) is 0. The van der Waals surface area contributed by atoms with Crippen LogP contribution in [0.1, 0.15) is 37.0 Å². The van der Waals surface area contributed by atoms with Gasteiger partial charge in [0.15, 0.2) is 0 Å². The number of carbonyl (C=O) groups is 1. The van der Waals surface area contributed by atoms with Gasteiger partial charge in [0.25, 0.3) is 0 Å². The highest BCUT2D eigenvalue weighted by atomic mass is 19.1. The summed E-state index contributed by atoms with van der Waals surface area (Å²) in [6.07, 6.45) is 4.63. The minimum Gasteiger partial charge on any atom is -0.469 e. The molecule has 154 valence electrons. The molecule has 6 nitrogen and oxygen atoms in total. The molecule has 1 aliphatic heterocycles. The van der Waals surface area contributed by atoms with Gasteiger partial charge in [-0.05, 0) is 50.2 Å². The molecule has 0 saturated carbocycles. The Morgan fingerprint density at radius 2 is 2.00 bits per heavy atom. The van der Waals surface area contributed by atoms with Gasteiger partial charge in [-0.15, -0.1) is 0 Å². The molecule has 3 aromatic heterocycles. The summed E-state index contributed by atoms with van der Waals surface area (Å²) >= 11 is 0. The Morgan fingerprint density at radius 1 is 1.20 bits per heavy atom. The zero-order valence-corrected chi connectivity index (χ0v) is 17.0. The second kappa shape index (κ2) is 7.16. The molecule has 0 bridgehead atoms. The van der Waals surface area contributed by atoms with Gasteiger partial charge in [-0.2, -0.15) is 0 Å². The van der Waals surface area contributed by atoms with Crippen LogP contribution in [0.2, 0.25) is 0 Å². The lowest BCUT2D eigenvalue weighted by atomic mass is 10.1. The van der Waals surface area contributed by atoms with Gasteiger partial charge in [0, 0.05) is 36.5 Å². The Kier molecular flexibility index (Phi) is 4.46. The number of rotatable bonds is 4. The summed E-state index contributed by atoms with van der Waals surface area (Å²) in [4.78, 5) is 19.5. The number of amides is 1. The molecular weight excluding hydrogens is 383 g/mol. The predicted octanol–water partition coefficient (Wildman–Crippen LogP) is 4.24. The topological polar surface area (TPSA) is 55.7 Å². The number of imidazole rings is 2. The van der Waals surface area contributed by atoms with E-state index in [1.54, 1.807) is 24.5 Å². The zero-order chi connectivity index (χ0) is 20.8. The number of fused-ring (bicyclic) bond motifs is 3. The van der Waals surface area contributed by atoms with E-state index in [2.05, 4.69) is 22.8 Å². The van der Waals surface area contributed by atoms with Crippen LogP contribution in [0.25, 0.3) is 17.0 Å². The fraction of sp³-hybridized carbons (Fsp3) is 0.304. The molecule has 1 aromatic carbocycles.